The van der Waals surface area contributed by atoms with Crippen LogP contribution in [-0.4, -0.2) is 35.7 Å². The Morgan fingerprint density at radius 1 is 1.47 bits per heavy atom. The molecule has 19 heavy (non-hydrogen) atoms. The Kier molecular flexibility index (Phi) is 4.55. The van der Waals surface area contributed by atoms with E-state index in [9.17, 15) is 9.50 Å². The van der Waals surface area contributed by atoms with Gasteiger partial charge in [-0.15, -0.1) is 0 Å². The van der Waals surface area contributed by atoms with Gasteiger partial charge in [-0.1, -0.05) is 12.1 Å². The summed E-state index contributed by atoms with van der Waals surface area (Å²) in [7, 11) is 2.02. The predicted octanol–water partition coefficient (Wildman–Crippen LogP) is 1.92. The van der Waals surface area contributed by atoms with Gasteiger partial charge in [0.25, 0.3) is 0 Å². The van der Waals surface area contributed by atoms with E-state index in [4.69, 9.17) is 5.73 Å². The van der Waals surface area contributed by atoms with Crippen LogP contribution in [0.25, 0.3) is 0 Å². The monoisotopic (exact) mass is 266 g/mol. The molecule has 0 amide bonds. The van der Waals surface area contributed by atoms with Crippen LogP contribution in [0.5, 0.6) is 0 Å². The van der Waals surface area contributed by atoms with Crippen molar-refractivity contribution in [3.63, 3.8) is 0 Å². The second-order valence-electron chi connectivity index (χ2n) is 5.79. The van der Waals surface area contributed by atoms with Gasteiger partial charge in [-0.05, 0) is 50.4 Å². The number of aliphatic hydroxyl groups excluding tert-OH is 1. The molecule has 1 aromatic carbocycles. The fourth-order valence-electron chi connectivity index (χ4n) is 3.02. The minimum atomic E-state index is -0.226. The number of nitrogens with two attached hydrogens (primary N) is 1. The van der Waals surface area contributed by atoms with E-state index in [2.05, 4.69) is 4.90 Å². The fourth-order valence-corrected chi connectivity index (χ4v) is 3.02. The maximum atomic E-state index is 13.4. The molecule has 1 saturated carbocycles. The lowest BCUT2D eigenvalue weighted by Crippen LogP contribution is -2.43. The third kappa shape index (κ3) is 3.53. The Morgan fingerprint density at radius 3 is 2.68 bits per heavy atom. The molecule has 2 rings (SSSR count). The summed E-state index contributed by atoms with van der Waals surface area (Å²) in [5, 5.41) is 9.34. The van der Waals surface area contributed by atoms with Gasteiger partial charge in [0.15, 0.2) is 0 Å². The molecule has 0 bridgehead atoms. The number of hydrogen-bond donors (Lipinski definition) is 2. The van der Waals surface area contributed by atoms with Crippen LogP contribution in [0.15, 0.2) is 24.3 Å². The van der Waals surface area contributed by atoms with E-state index in [1.54, 1.807) is 12.1 Å². The topological polar surface area (TPSA) is 49.5 Å². The summed E-state index contributed by atoms with van der Waals surface area (Å²) in [6.07, 6.45) is 1.58. The van der Waals surface area contributed by atoms with Crippen LogP contribution >= 0.6 is 0 Å². The first kappa shape index (κ1) is 14.4. The summed E-state index contributed by atoms with van der Waals surface area (Å²) in [4.78, 5) is 2.18. The van der Waals surface area contributed by atoms with E-state index in [-0.39, 0.29) is 24.0 Å². The van der Waals surface area contributed by atoms with Crippen LogP contribution in [-0.2, 0) is 0 Å². The molecule has 0 heterocycles. The third-order valence-corrected chi connectivity index (χ3v) is 3.92. The van der Waals surface area contributed by atoms with Crippen molar-refractivity contribution in [3.05, 3.63) is 35.6 Å². The van der Waals surface area contributed by atoms with Crippen molar-refractivity contribution in [2.45, 2.75) is 38.0 Å². The van der Waals surface area contributed by atoms with Crippen LogP contribution < -0.4 is 5.73 Å². The highest BCUT2D eigenvalue weighted by atomic mass is 19.1. The minimum Gasteiger partial charge on any atom is -0.393 e. The summed E-state index contributed by atoms with van der Waals surface area (Å²) in [5.41, 5.74) is 6.98. The van der Waals surface area contributed by atoms with Gasteiger partial charge in [0, 0.05) is 18.6 Å². The number of hydrogen-bond acceptors (Lipinski definition) is 3. The predicted molar refractivity (Wildman–Crippen MR) is 74.2 cm³/mol. The van der Waals surface area contributed by atoms with E-state index < -0.39 is 0 Å². The average molecular weight is 266 g/mol. The SMILES string of the molecule is CC(N)C(c1cccc(F)c1)N(C)CC1CC(O)C1. The van der Waals surface area contributed by atoms with Crippen molar-refractivity contribution in [2.24, 2.45) is 11.7 Å². The maximum absolute atomic E-state index is 13.4. The number of halogens is 1. The molecule has 4 heteroatoms. The van der Waals surface area contributed by atoms with Gasteiger partial charge in [-0.3, -0.25) is 4.90 Å². The number of likely N-dealkylation sites (N-methyl/N-ethyl adjacent to an activating group) is 1. The molecule has 3 nitrogen and oxygen atoms in total. The molecule has 2 unspecified atom stereocenters. The number of benzene rings is 1. The molecule has 1 fully saturated rings. The van der Waals surface area contributed by atoms with Gasteiger partial charge in [0.2, 0.25) is 0 Å². The van der Waals surface area contributed by atoms with Crippen LogP contribution in [0.2, 0.25) is 0 Å². The van der Waals surface area contributed by atoms with Crippen LogP contribution in [0, 0.1) is 11.7 Å². The van der Waals surface area contributed by atoms with Gasteiger partial charge in [-0.25, -0.2) is 4.39 Å². The molecule has 3 N–H and O–H groups in total. The van der Waals surface area contributed by atoms with Gasteiger partial charge >= 0.3 is 0 Å². The molecule has 1 aliphatic rings. The lowest BCUT2D eigenvalue weighted by molar-refractivity contribution is 0.0203. The van der Waals surface area contributed by atoms with E-state index >= 15 is 0 Å². The van der Waals surface area contributed by atoms with Crippen LogP contribution in [0.1, 0.15) is 31.4 Å². The lowest BCUT2D eigenvalue weighted by Gasteiger charge is -2.39. The second-order valence-corrected chi connectivity index (χ2v) is 5.79. The Morgan fingerprint density at radius 2 is 2.16 bits per heavy atom. The van der Waals surface area contributed by atoms with Crippen molar-refractivity contribution in [1.29, 1.82) is 0 Å². The molecule has 1 aliphatic carbocycles. The van der Waals surface area contributed by atoms with Gasteiger partial charge in [0.05, 0.1) is 6.10 Å². The summed E-state index contributed by atoms with van der Waals surface area (Å²) in [6, 6.07) is 6.58. The van der Waals surface area contributed by atoms with Gasteiger partial charge in [0.1, 0.15) is 5.82 Å². The highest BCUT2D eigenvalue weighted by Crippen LogP contribution is 2.31. The van der Waals surface area contributed by atoms with Crippen molar-refractivity contribution < 1.29 is 9.50 Å². The molecular formula is C15H23FN2O. The van der Waals surface area contributed by atoms with Crippen LogP contribution in [0.3, 0.4) is 0 Å². The first-order chi connectivity index (χ1) is 8.97. The third-order valence-electron chi connectivity index (χ3n) is 3.92. The normalized spacial score (nSPS) is 26.0. The summed E-state index contributed by atoms with van der Waals surface area (Å²) in [6.45, 7) is 2.83. The Bertz CT molecular complexity index is 418. The molecule has 0 spiro atoms. The van der Waals surface area contributed by atoms with E-state index in [0.717, 1.165) is 24.9 Å². The van der Waals surface area contributed by atoms with Gasteiger partial charge < -0.3 is 10.8 Å². The molecule has 0 radical (unpaired) electrons. The molecular weight excluding hydrogens is 243 g/mol. The number of aliphatic hydroxyl groups is 1. The van der Waals surface area contributed by atoms with Crippen molar-refractivity contribution in [1.82, 2.24) is 4.90 Å². The fraction of sp³-hybridized carbons (Fsp3) is 0.600. The van der Waals surface area contributed by atoms with Crippen molar-refractivity contribution in [3.8, 4) is 0 Å². The molecule has 106 valence electrons. The maximum Gasteiger partial charge on any atom is 0.123 e. The smallest absolute Gasteiger partial charge is 0.123 e. The minimum absolute atomic E-state index is 0.00782. The second kappa shape index (κ2) is 5.99. The first-order valence-electron chi connectivity index (χ1n) is 6.86. The zero-order valence-electron chi connectivity index (χ0n) is 11.6. The lowest BCUT2D eigenvalue weighted by atomic mass is 9.81. The van der Waals surface area contributed by atoms with Crippen LogP contribution in [0.4, 0.5) is 4.39 Å². The Labute approximate surface area is 114 Å². The number of rotatable bonds is 5. The Balaban J connectivity index is 2.06. The largest absolute Gasteiger partial charge is 0.393 e. The highest BCUT2D eigenvalue weighted by Gasteiger charge is 2.31. The van der Waals surface area contributed by atoms with Crippen molar-refractivity contribution in [2.75, 3.05) is 13.6 Å². The molecule has 0 saturated heterocycles. The van der Waals surface area contributed by atoms with Gasteiger partial charge in [-0.2, -0.15) is 0 Å². The van der Waals surface area contributed by atoms with E-state index in [0.29, 0.717) is 5.92 Å². The zero-order chi connectivity index (χ0) is 14.0. The summed E-state index contributed by atoms with van der Waals surface area (Å²) in [5.74, 6) is 0.297. The molecule has 0 aliphatic heterocycles. The average Bonchev–Trinajstić information content (AvgIpc) is 2.26. The standard InChI is InChI=1S/C15H23FN2O/c1-10(17)15(12-4-3-5-13(16)8-12)18(2)9-11-6-14(19)7-11/h3-5,8,10-11,14-15,19H,6-7,9,17H2,1-2H3. The van der Waals surface area contributed by atoms with E-state index in [1.807, 2.05) is 20.0 Å². The molecule has 2 atom stereocenters. The van der Waals surface area contributed by atoms with E-state index in [1.165, 1.54) is 6.07 Å². The molecule has 0 aromatic heterocycles. The van der Waals surface area contributed by atoms with Crippen molar-refractivity contribution >= 4 is 0 Å². The quantitative estimate of drug-likeness (QED) is 0.856. The zero-order valence-corrected chi connectivity index (χ0v) is 11.6. The first-order valence-corrected chi connectivity index (χ1v) is 6.86. The molecule has 1 aromatic rings. The summed E-state index contributed by atoms with van der Waals surface area (Å²) < 4.78 is 13.4. The Hall–Kier alpha value is -0.970. The summed E-state index contributed by atoms with van der Waals surface area (Å²) >= 11 is 0. The highest BCUT2D eigenvalue weighted by molar-refractivity contribution is 5.21. The number of nitrogens with zero attached hydrogens (tertiary/aromatic N) is 1.